The molecule has 1 aliphatic carbocycles. The predicted molar refractivity (Wildman–Crippen MR) is 109 cm³/mol. The number of halogens is 1. The molecule has 0 saturated heterocycles. The smallest absolute Gasteiger partial charge is 0.349 e. The Balaban J connectivity index is 1.36. The standard InChI is InChI=1S/C20H18IN3O4/c21-20-23-17(15-11-22-6-7-24(15)20)14-8-12(9-14)10-16(25)28-18(19(26)27)13-4-2-1-3-5-13/h1-7,11-12,14,18H,8-10H2,(H,26,27). The fourth-order valence-electron chi connectivity index (χ4n) is 3.65. The van der Waals surface area contributed by atoms with E-state index < -0.39 is 18.0 Å². The zero-order valence-electron chi connectivity index (χ0n) is 14.9. The van der Waals surface area contributed by atoms with E-state index in [0.717, 1.165) is 27.9 Å². The highest BCUT2D eigenvalue weighted by Gasteiger charge is 2.36. The number of aromatic nitrogens is 3. The van der Waals surface area contributed by atoms with E-state index in [0.29, 0.717) is 5.56 Å². The SMILES string of the molecule is O=C(CC1CC(c2nc(I)n3ccncc23)C1)OC(C(=O)O)c1ccccc1. The molecule has 0 spiro atoms. The van der Waals surface area contributed by atoms with Gasteiger partial charge in [-0.15, -0.1) is 0 Å². The average molecular weight is 491 g/mol. The second-order valence-corrected chi connectivity index (χ2v) is 7.92. The summed E-state index contributed by atoms with van der Waals surface area (Å²) in [5.41, 5.74) is 2.46. The van der Waals surface area contributed by atoms with Crippen LogP contribution in [-0.2, 0) is 14.3 Å². The molecule has 1 aromatic carbocycles. The lowest BCUT2D eigenvalue weighted by Gasteiger charge is -2.34. The number of ether oxygens (including phenoxy) is 1. The summed E-state index contributed by atoms with van der Waals surface area (Å²) >= 11 is 2.20. The van der Waals surface area contributed by atoms with Crippen LogP contribution in [0.1, 0.15) is 42.5 Å². The molecule has 1 aliphatic rings. The molecule has 28 heavy (non-hydrogen) atoms. The van der Waals surface area contributed by atoms with Crippen molar-refractivity contribution in [3.05, 3.63) is 64.0 Å². The minimum absolute atomic E-state index is 0.175. The van der Waals surface area contributed by atoms with E-state index in [4.69, 9.17) is 4.74 Å². The second kappa shape index (κ2) is 7.86. The molecule has 1 unspecified atom stereocenters. The van der Waals surface area contributed by atoms with Gasteiger partial charge in [0.1, 0.15) is 0 Å². The summed E-state index contributed by atoms with van der Waals surface area (Å²) in [5, 5.41) is 9.38. The number of fused-ring (bicyclic) bond motifs is 1. The fraction of sp³-hybridized carbons (Fsp3) is 0.300. The summed E-state index contributed by atoms with van der Waals surface area (Å²) in [6.07, 6.45) is 6.03. The quantitative estimate of drug-likeness (QED) is 0.419. The maximum Gasteiger partial charge on any atom is 0.349 e. The first-order chi connectivity index (χ1) is 13.5. The highest BCUT2D eigenvalue weighted by molar-refractivity contribution is 14.1. The lowest BCUT2D eigenvalue weighted by molar-refractivity contribution is -0.165. The maximum atomic E-state index is 12.3. The van der Waals surface area contributed by atoms with Gasteiger partial charge in [0.15, 0.2) is 3.83 Å². The van der Waals surface area contributed by atoms with Crippen LogP contribution in [-0.4, -0.2) is 31.4 Å². The molecule has 1 N–H and O–H groups in total. The molecule has 1 saturated carbocycles. The number of hydrogen-bond donors (Lipinski definition) is 1. The summed E-state index contributed by atoms with van der Waals surface area (Å²) in [6.45, 7) is 0. The Hall–Kier alpha value is -2.49. The van der Waals surface area contributed by atoms with Crippen molar-refractivity contribution in [3.63, 3.8) is 0 Å². The Morgan fingerprint density at radius 3 is 2.75 bits per heavy atom. The predicted octanol–water partition coefficient (Wildman–Crippen LogP) is 3.59. The van der Waals surface area contributed by atoms with Crippen LogP contribution in [0.15, 0.2) is 48.9 Å². The second-order valence-electron chi connectivity index (χ2n) is 6.95. The molecule has 2 aromatic heterocycles. The van der Waals surface area contributed by atoms with Crippen LogP contribution in [0.25, 0.3) is 5.52 Å². The van der Waals surface area contributed by atoms with Crippen molar-refractivity contribution in [2.45, 2.75) is 31.3 Å². The molecule has 2 heterocycles. The largest absolute Gasteiger partial charge is 0.478 e. The molecule has 7 nitrogen and oxygen atoms in total. The third kappa shape index (κ3) is 3.73. The first-order valence-electron chi connectivity index (χ1n) is 8.97. The van der Waals surface area contributed by atoms with E-state index in [9.17, 15) is 14.7 Å². The lowest BCUT2D eigenvalue weighted by Crippen LogP contribution is -2.27. The first kappa shape index (κ1) is 18.9. The van der Waals surface area contributed by atoms with Crippen LogP contribution in [0.2, 0.25) is 0 Å². The molecule has 0 aliphatic heterocycles. The Kier molecular flexibility index (Phi) is 5.29. The number of carbonyl (C=O) groups is 2. The van der Waals surface area contributed by atoms with Crippen molar-refractivity contribution in [2.24, 2.45) is 5.92 Å². The molecular weight excluding hydrogens is 473 g/mol. The minimum atomic E-state index is -1.27. The number of hydrogen-bond acceptors (Lipinski definition) is 5. The van der Waals surface area contributed by atoms with Gasteiger partial charge in [0.2, 0.25) is 6.10 Å². The normalized spacial score (nSPS) is 19.8. The van der Waals surface area contributed by atoms with Crippen LogP contribution >= 0.6 is 22.6 Å². The Morgan fingerprint density at radius 2 is 2.04 bits per heavy atom. The number of nitrogens with zero attached hydrogens (tertiary/aromatic N) is 3. The molecule has 8 heteroatoms. The number of imidazole rings is 1. The van der Waals surface area contributed by atoms with Gasteiger partial charge in [-0.05, 0) is 18.8 Å². The summed E-state index contributed by atoms with van der Waals surface area (Å²) < 4.78 is 8.14. The highest BCUT2D eigenvalue weighted by atomic mass is 127. The third-order valence-corrected chi connectivity index (χ3v) is 5.85. The summed E-state index contributed by atoms with van der Waals surface area (Å²) in [7, 11) is 0. The fourth-order valence-corrected chi connectivity index (χ4v) is 4.33. The van der Waals surface area contributed by atoms with Gasteiger partial charge in [0, 0.05) is 52.9 Å². The van der Waals surface area contributed by atoms with Gasteiger partial charge in [0.25, 0.3) is 0 Å². The Bertz CT molecular complexity index is 1010. The molecule has 0 amide bonds. The molecule has 4 rings (SSSR count). The zero-order valence-corrected chi connectivity index (χ0v) is 17.0. The number of esters is 1. The lowest BCUT2D eigenvalue weighted by atomic mass is 9.71. The van der Waals surface area contributed by atoms with Gasteiger partial charge in [0.05, 0.1) is 17.4 Å². The van der Waals surface area contributed by atoms with E-state index >= 15 is 0 Å². The van der Waals surface area contributed by atoms with E-state index in [-0.39, 0.29) is 18.3 Å². The Morgan fingerprint density at radius 1 is 1.29 bits per heavy atom. The van der Waals surface area contributed by atoms with E-state index in [1.807, 2.05) is 16.8 Å². The molecule has 144 valence electrons. The molecule has 0 radical (unpaired) electrons. The van der Waals surface area contributed by atoms with Crippen LogP contribution < -0.4 is 0 Å². The average Bonchev–Trinajstić information content (AvgIpc) is 2.99. The van der Waals surface area contributed by atoms with Gasteiger partial charge in [-0.3, -0.25) is 14.2 Å². The topological polar surface area (TPSA) is 93.8 Å². The summed E-state index contributed by atoms with van der Waals surface area (Å²) in [5.74, 6) is -1.19. The number of benzene rings is 1. The molecule has 3 aromatic rings. The maximum absolute atomic E-state index is 12.3. The van der Waals surface area contributed by atoms with Crippen molar-refractivity contribution in [1.82, 2.24) is 14.4 Å². The molecule has 0 bridgehead atoms. The number of carboxylic acid groups (broad SMARTS) is 1. The summed E-state index contributed by atoms with van der Waals surface area (Å²) in [4.78, 5) is 32.6. The van der Waals surface area contributed by atoms with Gasteiger partial charge >= 0.3 is 11.9 Å². The van der Waals surface area contributed by atoms with Crippen LogP contribution in [0.4, 0.5) is 0 Å². The van der Waals surface area contributed by atoms with Crippen molar-refractivity contribution in [3.8, 4) is 0 Å². The molecular formula is C20H18IN3O4. The summed E-state index contributed by atoms with van der Waals surface area (Å²) in [6, 6.07) is 8.52. The van der Waals surface area contributed by atoms with Crippen LogP contribution in [0.5, 0.6) is 0 Å². The minimum Gasteiger partial charge on any atom is -0.478 e. The third-order valence-electron chi connectivity index (χ3n) is 5.09. The number of aliphatic carboxylic acids is 1. The first-order valence-corrected chi connectivity index (χ1v) is 10.1. The van der Waals surface area contributed by atoms with Crippen molar-refractivity contribution >= 4 is 40.0 Å². The van der Waals surface area contributed by atoms with Crippen molar-refractivity contribution < 1.29 is 19.4 Å². The van der Waals surface area contributed by atoms with Crippen molar-refractivity contribution in [1.29, 1.82) is 0 Å². The number of rotatable bonds is 6. The van der Waals surface area contributed by atoms with Gasteiger partial charge in [-0.1, -0.05) is 30.3 Å². The molecule has 1 atom stereocenters. The number of carboxylic acids is 1. The van der Waals surface area contributed by atoms with Crippen LogP contribution in [0, 0.1) is 9.75 Å². The zero-order chi connectivity index (χ0) is 19.7. The van der Waals surface area contributed by atoms with Gasteiger partial charge < -0.3 is 9.84 Å². The highest BCUT2D eigenvalue weighted by Crippen LogP contribution is 2.44. The van der Waals surface area contributed by atoms with E-state index in [1.165, 1.54) is 0 Å². The van der Waals surface area contributed by atoms with E-state index in [2.05, 4.69) is 32.6 Å². The Labute approximate surface area is 174 Å². The van der Waals surface area contributed by atoms with Crippen LogP contribution in [0.3, 0.4) is 0 Å². The number of carbonyl (C=O) groups excluding carboxylic acids is 1. The van der Waals surface area contributed by atoms with E-state index in [1.54, 1.807) is 36.5 Å². The molecule has 1 fully saturated rings. The monoisotopic (exact) mass is 491 g/mol. The van der Waals surface area contributed by atoms with Gasteiger partial charge in [-0.2, -0.15) is 0 Å². The van der Waals surface area contributed by atoms with Crippen molar-refractivity contribution in [2.75, 3.05) is 0 Å². The van der Waals surface area contributed by atoms with Gasteiger partial charge in [-0.25, -0.2) is 9.78 Å².